The summed E-state index contributed by atoms with van der Waals surface area (Å²) < 4.78 is 13.4. The van der Waals surface area contributed by atoms with Crippen LogP contribution in [0.25, 0.3) is 0 Å². The number of anilines is 1. The second-order valence-corrected chi connectivity index (χ2v) is 4.70. The van der Waals surface area contributed by atoms with E-state index in [1.165, 1.54) is 6.07 Å². The number of hydrogen-bond donors (Lipinski definition) is 2. The fourth-order valence-corrected chi connectivity index (χ4v) is 1.38. The van der Waals surface area contributed by atoms with Gasteiger partial charge in [-0.2, -0.15) is 0 Å². The summed E-state index contributed by atoms with van der Waals surface area (Å²) in [6.45, 7) is 8.04. The highest BCUT2D eigenvalue weighted by Gasteiger charge is 2.07. The fraction of sp³-hybridized carbons (Fsp3) is 0.538. The first-order valence-corrected chi connectivity index (χ1v) is 5.75. The van der Waals surface area contributed by atoms with Crippen LogP contribution in [0.2, 0.25) is 0 Å². The van der Waals surface area contributed by atoms with Crippen LogP contribution in [0, 0.1) is 17.7 Å². The van der Waals surface area contributed by atoms with Gasteiger partial charge in [-0.1, -0.05) is 26.8 Å². The topological polar surface area (TPSA) is 38.0 Å². The summed E-state index contributed by atoms with van der Waals surface area (Å²) in [6.07, 6.45) is 0. The lowest BCUT2D eigenvalue weighted by Crippen LogP contribution is -2.24. The van der Waals surface area contributed by atoms with Crippen LogP contribution in [0.5, 0.6) is 0 Å². The molecular formula is C13H21FN2. The molecule has 3 N–H and O–H groups in total. The number of nitrogens with two attached hydrogens (primary N) is 1. The molecule has 3 heteroatoms. The van der Waals surface area contributed by atoms with Crippen LogP contribution in [0.15, 0.2) is 18.2 Å². The third kappa shape index (κ3) is 3.81. The maximum Gasteiger partial charge on any atom is 0.129 e. The Kier molecular flexibility index (Phi) is 4.74. The number of nitrogen functional groups attached to an aromatic ring is 1. The van der Waals surface area contributed by atoms with Crippen LogP contribution >= 0.6 is 0 Å². The Morgan fingerprint density at radius 1 is 1.31 bits per heavy atom. The smallest absolute Gasteiger partial charge is 0.129 e. The summed E-state index contributed by atoms with van der Waals surface area (Å²) in [5.41, 5.74) is 6.62. The number of rotatable bonds is 5. The van der Waals surface area contributed by atoms with E-state index in [0.29, 0.717) is 29.6 Å². The van der Waals surface area contributed by atoms with Crippen molar-refractivity contribution in [3.05, 3.63) is 29.6 Å². The summed E-state index contributed by atoms with van der Waals surface area (Å²) in [7, 11) is 0. The molecule has 1 aromatic rings. The molecule has 0 aliphatic heterocycles. The highest BCUT2D eigenvalue weighted by Crippen LogP contribution is 2.12. The highest BCUT2D eigenvalue weighted by molar-refractivity contribution is 5.40. The molecule has 0 aliphatic rings. The van der Waals surface area contributed by atoms with Gasteiger partial charge >= 0.3 is 0 Å². The lowest BCUT2D eigenvalue weighted by molar-refractivity contribution is 0.391. The average molecular weight is 224 g/mol. The summed E-state index contributed by atoms with van der Waals surface area (Å²) in [5, 5.41) is 3.26. The molecule has 0 saturated heterocycles. The van der Waals surface area contributed by atoms with Crippen LogP contribution < -0.4 is 11.1 Å². The second kappa shape index (κ2) is 5.85. The molecule has 0 amide bonds. The van der Waals surface area contributed by atoms with Gasteiger partial charge < -0.3 is 11.1 Å². The second-order valence-electron chi connectivity index (χ2n) is 4.70. The van der Waals surface area contributed by atoms with E-state index >= 15 is 0 Å². The van der Waals surface area contributed by atoms with Gasteiger partial charge in [-0.05, 0) is 30.5 Å². The Morgan fingerprint density at radius 3 is 2.56 bits per heavy atom. The first-order chi connectivity index (χ1) is 7.50. The average Bonchev–Trinajstić information content (AvgIpc) is 2.20. The van der Waals surface area contributed by atoms with E-state index in [9.17, 15) is 4.39 Å². The predicted molar refractivity (Wildman–Crippen MR) is 66.5 cm³/mol. The molecule has 0 radical (unpaired) electrons. The summed E-state index contributed by atoms with van der Waals surface area (Å²) in [5.74, 6) is 1.00. The molecule has 2 nitrogen and oxygen atoms in total. The molecule has 0 aromatic heterocycles. The lowest BCUT2D eigenvalue weighted by Gasteiger charge is -2.16. The minimum absolute atomic E-state index is 0.232. The number of hydrogen-bond acceptors (Lipinski definition) is 2. The van der Waals surface area contributed by atoms with Crippen LogP contribution in [0.4, 0.5) is 10.1 Å². The molecule has 0 saturated carbocycles. The van der Waals surface area contributed by atoms with Crippen LogP contribution in [-0.4, -0.2) is 6.54 Å². The molecule has 0 aliphatic carbocycles. The molecule has 90 valence electrons. The van der Waals surface area contributed by atoms with Crippen molar-refractivity contribution in [2.24, 2.45) is 11.8 Å². The Morgan fingerprint density at radius 2 is 2.00 bits per heavy atom. The maximum absolute atomic E-state index is 13.4. The molecule has 1 aromatic carbocycles. The third-order valence-electron chi connectivity index (χ3n) is 3.00. The monoisotopic (exact) mass is 224 g/mol. The summed E-state index contributed by atoms with van der Waals surface area (Å²) in [4.78, 5) is 0. The highest BCUT2D eigenvalue weighted by atomic mass is 19.1. The van der Waals surface area contributed by atoms with Crippen LogP contribution in [0.3, 0.4) is 0 Å². The Hall–Kier alpha value is -1.09. The molecule has 1 rings (SSSR count). The lowest BCUT2D eigenvalue weighted by atomic mass is 9.98. The van der Waals surface area contributed by atoms with Crippen molar-refractivity contribution in [1.29, 1.82) is 0 Å². The van der Waals surface area contributed by atoms with E-state index < -0.39 is 0 Å². The number of nitrogens with one attached hydrogen (secondary N) is 1. The molecular weight excluding hydrogens is 203 g/mol. The Bertz CT molecular complexity index is 337. The molecule has 0 heterocycles. The minimum atomic E-state index is -0.232. The van der Waals surface area contributed by atoms with Crippen molar-refractivity contribution in [2.75, 3.05) is 12.3 Å². The van der Waals surface area contributed by atoms with E-state index in [4.69, 9.17) is 5.73 Å². The van der Waals surface area contributed by atoms with Gasteiger partial charge in [0.25, 0.3) is 0 Å². The summed E-state index contributed by atoms with van der Waals surface area (Å²) in [6, 6.07) is 4.83. The van der Waals surface area contributed by atoms with E-state index in [0.717, 1.165) is 6.54 Å². The van der Waals surface area contributed by atoms with Gasteiger partial charge in [0, 0.05) is 17.8 Å². The largest absolute Gasteiger partial charge is 0.399 e. The van der Waals surface area contributed by atoms with Gasteiger partial charge in [0.15, 0.2) is 0 Å². The predicted octanol–water partition coefficient (Wildman–Crippen LogP) is 2.79. The van der Waals surface area contributed by atoms with Crippen molar-refractivity contribution in [1.82, 2.24) is 5.32 Å². The van der Waals surface area contributed by atoms with Crippen molar-refractivity contribution >= 4 is 5.69 Å². The minimum Gasteiger partial charge on any atom is -0.399 e. The molecule has 0 fully saturated rings. The Labute approximate surface area is 97.0 Å². The fourth-order valence-electron chi connectivity index (χ4n) is 1.38. The van der Waals surface area contributed by atoms with Gasteiger partial charge in [-0.3, -0.25) is 0 Å². The quantitative estimate of drug-likeness (QED) is 0.755. The zero-order chi connectivity index (χ0) is 12.1. The first-order valence-electron chi connectivity index (χ1n) is 5.75. The van der Waals surface area contributed by atoms with Gasteiger partial charge in [0.05, 0.1) is 0 Å². The normalized spacial score (nSPS) is 13.1. The van der Waals surface area contributed by atoms with Gasteiger partial charge in [0.2, 0.25) is 0 Å². The van der Waals surface area contributed by atoms with Gasteiger partial charge in [-0.15, -0.1) is 0 Å². The zero-order valence-corrected chi connectivity index (χ0v) is 10.3. The SMILES string of the molecule is CC(C)C(C)CNCc1ccc(N)cc1F. The van der Waals surface area contributed by atoms with Crippen molar-refractivity contribution in [2.45, 2.75) is 27.3 Å². The van der Waals surface area contributed by atoms with Gasteiger partial charge in [-0.25, -0.2) is 4.39 Å². The molecule has 0 spiro atoms. The van der Waals surface area contributed by atoms with Crippen LogP contribution in [-0.2, 0) is 6.54 Å². The van der Waals surface area contributed by atoms with Crippen molar-refractivity contribution in [3.8, 4) is 0 Å². The maximum atomic E-state index is 13.4. The van der Waals surface area contributed by atoms with Crippen molar-refractivity contribution < 1.29 is 4.39 Å². The number of halogens is 1. The Balaban J connectivity index is 2.43. The number of benzene rings is 1. The summed E-state index contributed by atoms with van der Waals surface area (Å²) >= 11 is 0. The molecule has 16 heavy (non-hydrogen) atoms. The van der Waals surface area contributed by atoms with E-state index in [2.05, 4.69) is 26.1 Å². The molecule has 1 unspecified atom stereocenters. The third-order valence-corrected chi connectivity index (χ3v) is 3.00. The standard InChI is InChI=1S/C13H21FN2/c1-9(2)10(3)7-16-8-11-4-5-12(15)6-13(11)14/h4-6,9-10,16H,7-8,15H2,1-3H3. The molecule has 0 bridgehead atoms. The van der Waals surface area contributed by atoms with E-state index in [1.54, 1.807) is 12.1 Å². The van der Waals surface area contributed by atoms with E-state index in [-0.39, 0.29) is 5.82 Å². The zero-order valence-electron chi connectivity index (χ0n) is 10.3. The van der Waals surface area contributed by atoms with Crippen molar-refractivity contribution in [3.63, 3.8) is 0 Å². The van der Waals surface area contributed by atoms with Gasteiger partial charge in [0.1, 0.15) is 5.82 Å². The first kappa shape index (κ1) is 13.0. The van der Waals surface area contributed by atoms with Crippen LogP contribution in [0.1, 0.15) is 26.3 Å². The molecule has 1 atom stereocenters. The van der Waals surface area contributed by atoms with E-state index in [1.807, 2.05) is 0 Å².